The molecule has 1 saturated carbocycles. The van der Waals surface area contributed by atoms with E-state index in [-0.39, 0.29) is 11.3 Å². The summed E-state index contributed by atoms with van der Waals surface area (Å²) < 4.78 is 0. The molecule has 0 unspecified atom stereocenters. The topological polar surface area (TPSA) is 95.6 Å². The Labute approximate surface area is 168 Å². The largest absolute Gasteiger partial charge is 0.344 e. The van der Waals surface area contributed by atoms with Crippen LogP contribution in [0.1, 0.15) is 58.4 Å². The van der Waals surface area contributed by atoms with Gasteiger partial charge in [-0.05, 0) is 25.0 Å². The first-order chi connectivity index (χ1) is 14.0. The number of urea groups is 1. The summed E-state index contributed by atoms with van der Waals surface area (Å²) in [5.41, 5.74) is 2.76. The van der Waals surface area contributed by atoms with Crippen LogP contribution in [0.4, 0.5) is 4.79 Å². The maximum absolute atomic E-state index is 12.7. The molecule has 1 heterocycles. The van der Waals surface area contributed by atoms with Gasteiger partial charge in [-0.2, -0.15) is 5.01 Å². The number of nitrogens with zero attached hydrogens (tertiary/aromatic N) is 1. The van der Waals surface area contributed by atoms with E-state index in [0.717, 1.165) is 24.3 Å². The van der Waals surface area contributed by atoms with Gasteiger partial charge in [-0.1, -0.05) is 61.7 Å². The van der Waals surface area contributed by atoms with Gasteiger partial charge in [-0.15, -0.1) is 0 Å². The molecule has 7 heteroatoms. The summed E-state index contributed by atoms with van der Waals surface area (Å²) in [6.07, 6.45) is 3.93. The predicted octanol–water partition coefficient (Wildman–Crippen LogP) is 2.82. The van der Waals surface area contributed by atoms with Crippen LogP contribution in [-0.2, 0) is 4.79 Å². The van der Waals surface area contributed by atoms with Crippen LogP contribution in [0.2, 0.25) is 0 Å². The fourth-order valence-electron chi connectivity index (χ4n) is 3.91. The maximum atomic E-state index is 12.7. The van der Waals surface area contributed by atoms with Crippen LogP contribution < -0.4 is 10.7 Å². The number of imide groups is 1. The van der Waals surface area contributed by atoms with Gasteiger partial charge in [0.05, 0.1) is 0 Å². The Bertz CT molecular complexity index is 963. The first kappa shape index (κ1) is 18.9. The fraction of sp³-hybridized carbons (Fsp3) is 0.273. The summed E-state index contributed by atoms with van der Waals surface area (Å²) in [6, 6.07) is 14.3. The van der Waals surface area contributed by atoms with Gasteiger partial charge in [0.25, 0.3) is 11.8 Å². The number of rotatable bonds is 4. The zero-order valence-electron chi connectivity index (χ0n) is 15.8. The molecule has 4 rings (SSSR count). The standard InChI is InChI=1S/C22H21N3O4/c26-18(15-7-3-1-4-8-15)16-9-11-17(12-10-16)19(27)24-25-20(28)22(23-21(25)29)13-5-2-6-14-22/h1,3-4,7-12H,2,5-6,13-14H2,(H,23,29)(H,24,27). The quantitative estimate of drug-likeness (QED) is 0.619. The van der Waals surface area contributed by atoms with E-state index < -0.39 is 23.4 Å². The van der Waals surface area contributed by atoms with Crippen molar-refractivity contribution in [1.29, 1.82) is 0 Å². The number of nitrogens with one attached hydrogen (secondary N) is 2. The molecule has 7 nitrogen and oxygen atoms in total. The molecule has 2 aromatic carbocycles. The zero-order valence-corrected chi connectivity index (χ0v) is 15.8. The van der Waals surface area contributed by atoms with Crippen molar-refractivity contribution in [3.8, 4) is 0 Å². The van der Waals surface area contributed by atoms with Crippen LogP contribution >= 0.6 is 0 Å². The number of hydrogen-bond donors (Lipinski definition) is 2. The van der Waals surface area contributed by atoms with Gasteiger partial charge in [0.15, 0.2) is 5.78 Å². The second kappa shape index (κ2) is 7.50. The van der Waals surface area contributed by atoms with E-state index in [2.05, 4.69) is 10.7 Å². The molecule has 2 fully saturated rings. The molecule has 4 amide bonds. The van der Waals surface area contributed by atoms with Gasteiger partial charge < -0.3 is 5.32 Å². The Kier molecular flexibility index (Phi) is 4.88. The minimum atomic E-state index is -0.894. The van der Waals surface area contributed by atoms with Crippen molar-refractivity contribution in [3.63, 3.8) is 0 Å². The lowest BCUT2D eigenvalue weighted by molar-refractivity contribution is -0.134. The van der Waals surface area contributed by atoms with Crippen molar-refractivity contribution >= 4 is 23.6 Å². The molecule has 29 heavy (non-hydrogen) atoms. The van der Waals surface area contributed by atoms with Gasteiger partial charge in [0.1, 0.15) is 5.54 Å². The fourth-order valence-corrected chi connectivity index (χ4v) is 3.91. The molecule has 2 N–H and O–H groups in total. The van der Waals surface area contributed by atoms with Crippen LogP contribution in [0.5, 0.6) is 0 Å². The molecule has 1 aliphatic carbocycles. The Morgan fingerprint density at radius 2 is 1.41 bits per heavy atom. The van der Waals surface area contributed by atoms with E-state index in [4.69, 9.17) is 0 Å². The van der Waals surface area contributed by atoms with Crippen molar-refractivity contribution < 1.29 is 19.2 Å². The minimum absolute atomic E-state index is 0.147. The molecule has 1 aliphatic heterocycles. The second-order valence-electron chi connectivity index (χ2n) is 7.43. The number of hydrazine groups is 1. The molecular formula is C22H21N3O4. The molecule has 0 aromatic heterocycles. The normalized spacial score (nSPS) is 17.9. The van der Waals surface area contributed by atoms with Crippen LogP contribution in [-0.4, -0.2) is 34.2 Å². The van der Waals surface area contributed by atoms with Crippen molar-refractivity contribution in [1.82, 2.24) is 15.8 Å². The van der Waals surface area contributed by atoms with E-state index in [1.807, 2.05) is 6.07 Å². The summed E-state index contributed by atoms with van der Waals surface area (Å²) in [5.74, 6) is -1.14. The first-order valence-electron chi connectivity index (χ1n) is 9.68. The molecule has 1 spiro atoms. The molecule has 0 bridgehead atoms. The smallest absolute Gasteiger partial charge is 0.322 e. The van der Waals surface area contributed by atoms with Crippen molar-refractivity contribution in [2.45, 2.75) is 37.6 Å². The Balaban J connectivity index is 1.46. The molecule has 0 atom stereocenters. The summed E-state index contributed by atoms with van der Waals surface area (Å²) in [6.45, 7) is 0. The highest BCUT2D eigenvalue weighted by atomic mass is 16.2. The van der Waals surface area contributed by atoms with E-state index >= 15 is 0 Å². The van der Waals surface area contributed by atoms with Gasteiger partial charge >= 0.3 is 6.03 Å². The van der Waals surface area contributed by atoms with Crippen molar-refractivity contribution in [2.24, 2.45) is 0 Å². The average Bonchev–Trinajstić information content (AvgIpc) is 2.98. The Morgan fingerprint density at radius 3 is 2.07 bits per heavy atom. The summed E-state index contributed by atoms with van der Waals surface area (Å²) in [5, 5.41) is 3.52. The highest BCUT2D eigenvalue weighted by Gasteiger charge is 2.52. The lowest BCUT2D eigenvalue weighted by atomic mass is 9.82. The van der Waals surface area contributed by atoms with Crippen LogP contribution in [0, 0.1) is 0 Å². The SMILES string of the molecule is O=C(NN1C(=O)NC2(CCCCC2)C1=O)c1ccc(C(=O)c2ccccc2)cc1. The number of amides is 4. The number of hydrogen-bond acceptors (Lipinski definition) is 4. The number of carbonyl (C=O) groups is 4. The molecule has 1 saturated heterocycles. The Hall–Kier alpha value is -3.48. The monoisotopic (exact) mass is 391 g/mol. The van der Waals surface area contributed by atoms with Gasteiger partial charge in [-0.25, -0.2) is 4.79 Å². The third-order valence-corrected chi connectivity index (χ3v) is 5.53. The number of carbonyl (C=O) groups excluding carboxylic acids is 4. The van der Waals surface area contributed by atoms with Gasteiger partial charge in [0, 0.05) is 16.7 Å². The summed E-state index contributed by atoms with van der Waals surface area (Å²) >= 11 is 0. The van der Waals surface area contributed by atoms with E-state index in [1.165, 1.54) is 12.1 Å². The lowest BCUT2D eigenvalue weighted by Gasteiger charge is -2.30. The third-order valence-electron chi connectivity index (χ3n) is 5.53. The van der Waals surface area contributed by atoms with Crippen LogP contribution in [0.3, 0.4) is 0 Å². The number of benzene rings is 2. The summed E-state index contributed by atoms with van der Waals surface area (Å²) in [7, 11) is 0. The second-order valence-corrected chi connectivity index (χ2v) is 7.43. The van der Waals surface area contributed by atoms with Crippen molar-refractivity contribution in [3.05, 3.63) is 71.3 Å². The molecule has 2 aromatic rings. The highest BCUT2D eigenvalue weighted by Crippen LogP contribution is 2.33. The average molecular weight is 391 g/mol. The predicted molar refractivity (Wildman–Crippen MR) is 105 cm³/mol. The first-order valence-corrected chi connectivity index (χ1v) is 9.68. The van der Waals surface area contributed by atoms with Crippen LogP contribution in [0.25, 0.3) is 0 Å². The van der Waals surface area contributed by atoms with Crippen LogP contribution in [0.15, 0.2) is 54.6 Å². The molecule has 148 valence electrons. The van der Waals surface area contributed by atoms with E-state index in [0.29, 0.717) is 24.0 Å². The summed E-state index contributed by atoms with van der Waals surface area (Å²) in [4.78, 5) is 50.0. The molecular weight excluding hydrogens is 370 g/mol. The highest BCUT2D eigenvalue weighted by molar-refractivity contribution is 6.10. The van der Waals surface area contributed by atoms with E-state index in [1.54, 1.807) is 36.4 Å². The zero-order chi connectivity index (χ0) is 20.4. The minimum Gasteiger partial charge on any atom is -0.322 e. The Morgan fingerprint density at radius 1 is 0.828 bits per heavy atom. The van der Waals surface area contributed by atoms with E-state index in [9.17, 15) is 19.2 Å². The lowest BCUT2D eigenvalue weighted by Crippen LogP contribution is -2.50. The molecule has 2 aliphatic rings. The maximum Gasteiger partial charge on any atom is 0.344 e. The third kappa shape index (κ3) is 3.51. The molecule has 0 radical (unpaired) electrons. The van der Waals surface area contributed by atoms with Gasteiger partial charge in [-0.3, -0.25) is 19.8 Å². The van der Waals surface area contributed by atoms with Crippen molar-refractivity contribution in [2.75, 3.05) is 0 Å². The van der Waals surface area contributed by atoms with Gasteiger partial charge in [0.2, 0.25) is 0 Å². The number of ketones is 1.